The van der Waals surface area contributed by atoms with Gasteiger partial charge in [-0.25, -0.2) is 18.0 Å². The van der Waals surface area contributed by atoms with Gasteiger partial charge in [0.05, 0.1) is 5.56 Å². The minimum atomic E-state index is -4.87. The van der Waals surface area contributed by atoms with E-state index in [1.165, 1.54) is 7.05 Å². The lowest BCUT2D eigenvalue weighted by Gasteiger charge is -2.20. The first kappa shape index (κ1) is 25.2. The number of rotatable bonds is 6. The zero-order valence-electron chi connectivity index (χ0n) is 17.7. The van der Waals surface area contributed by atoms with Gasteiger partial charge < -0.3 is 10.1 Å². The van der Waals surface area contributed by atoms with Crippen molar-refractivity contribution in [3.63, 3.8) is 0 Å². The van der Waals surface area contributed by atoms with Crippen molar-refractivity contribution in [2.24, 2.45) is 7.05 Å². The molecule has 0 saturated heterocycles. The van der Waals surface area contributed by atoms with Gasteiger partial charge in [-0.2, -0.15) is 17.9 Å². The highest BCUT2D eigenvalue weighted by Gasteiger charge is 2.39. The molecule has 0 radical (unpaired) electrons. The van der Waals surface area contributed by atoms with Crippen LogP contribution < -0.4 is 15.7 Å². The third-order valence-electron chi connectivity index (χ3n) is 4.61. The van der Waals surface area contributed by atoms with E-state index in [4.69, 9.17) is 4.74 Å². The summed E-state index contributed by atoms with van der Waals surface area (Å²) in [5.41, 5.74) is -3.10. The Bertz CT molecular complexity index is 1280. The maximum absolute atomic E-state index is 14.9. The van der Waals surface area contributed by atoms with Crippen LogP contribution in [0.25, 0.3) is 5.69 Å². The van der Waals surface area contributed by atoms with Crippen molar-refractivity contribution < 1.29 is 35.9 Å². The Hall–Kier alpha value is -3.42. The number of benzene rings is 2. The van der Waals surface area contributed by atoms with E-state index in [2.05, 4.69) is 5.10 Å². The molecule has 14 heteroatoms. The number of carbonyl (C=O) groups excluding carboxylic acids is 1. The predicted octanol–water partition coefficient (Wildman–Crippen LogP) is 4.29. The van der Waals surface area contributed by atoms with Crippen LogP contribution in [0.5, 0.6) is 5.75 Å². The molecule has 3 aromatic rings. The first-order chi connectivity index (χ1) is 15.8. The summed E-state index contributed by atoms with van der Waals surface area (Å²) in [7, 11) is 1.35. The Morgan fingerprint density at radius 3 is 2.29 bits per heavy atom. The van der Waals surface area contributed by atoms with Crippen molar-refractivity contribution in [3.8, 4) is 11.4 Å². The van der Waals surface area contributed by atoms with E-state index >= 15 is 0 Å². The predicted molar refractivity (Wildman–Crippen MR) is 111 cm³/mol. The number of alkyl halides is 3. The molecule has 0 aliphatic rings. The second-order valence-corrected chi connectivity index (χ2v) is 7.67. The van der Waals surface area contributed by atoms with E-state index in [1.54, 1.807) is 6.26 Å². The fourth-order valence-corrected chi connectivity index (χ4v) is 3.30. The molecule has 34 heavy (non-hydrogen) atoms. The molecule has 0 fully saturated rings. The van der Waals surface area contributed by atoms with E-state index in [0.29, 0.717) is 23.7 Å². The van der Waals surface area contributed by atoms with E-state index in [1.807, 2.05) is 5.32 Å². The number of anilines is 1. The Morgan fingerprint density at radius 2 is 1.76 bits per heavy atom. The van der Waals surface area contributed by atoms with E-state index in [0.717, 1.165) is 34.5 Å². The summed E-state index contributed by atoms with van der Waals surface area (Å²) >= 11 is 1.05. The molecule has 1 N–H and O–H groups in total. The molecule has 0 aliphatic carbocycles. The number of carbonyl (C=O) groups is 1. The topological polar surface area (TPSA) is 78.2 Å². The number of aromatic nitrogens is 3. The van der Waals surface area contributed by atoms with Gasteiger partial charge in [-0.15, -0.1) is 5.10 Å². The van der Waals surface area contributed by atoms with Crippen LogP contribution in [0, 0.1) is 17.5 Å². The van der Waals surface area contributed by atoms with Crippen LogP contribution in [0.4, 0.5) is 32.0 Å². The lowest BCUT2D eigenvalue weighted by molar-refractivity contribution is -0.189. The van der Waals surface area contributed by atoms with Gasteiger partial charge in [-0.3, -0.25) is 9.36 Å². The number of hydrogen-bond donors (Lipinski definition) is 1. The van der Waals surface area contributed by atoms with Crippen LogP contribution in [0.2, 0.25) is 0 Å². The maximum Gasteiger partial charge on any atom is 0.425 e. The average molecular weight is 506 g/mol. The number of para-hydroxylation sites is 1. The fourth-order valence-electron chi connectivity index (χ4n) is 2.79. The van der Waals surface area contributed by atoms with Gasteiger partial charge in [0, 0.05) is 13.1 Å². The molecule has 182 valence electrons. The minimum absolute atomic E-state index is 0.173. The summed E-state index contributed by atoms with van der Waals surface area (Å²) in [4.78, 5) is 25.1. The van der Waals surface area contributed by atoms with Crippen molar-refractivity contribution in [2.45, 2.75) is 24.4 Å². The van der Waals surface area contributed by atoms with Crippen molar-refractivity contribution in [2.75, 3.05) is 11.6 Å². The fraction of sp³-hybridized carbons (Fsp3) is 0.250. The second-order valence-electron chi connectivity index (χ2n) is 6.89. The average Bonchev–Trinajstić information content (AvgIpc) is 3.04. The summed E-state index contributed by atoms with van der Waals surface area (Å²) < 4.78 is 88.6. The monoisotopic (exact) mass is 506 g/mol. The van der Waals surface area contributed by atoms with Crippen molar-refractivity contribution >= 4 is 23.4 Å². The van der Waals surface area contributed by atoms with Crippen LogP contribution in [0.3, 0.4) is 0 Å². The van der Waals surface area contributed by atoms with Gasteiger partial charge in [-0.1, -0.05) is 17.8 Å². The lowest BCUT2D eigenvalue weighted by Crippen LogP contribution is -2.32. The Balaban J connectivity index is 2.14. The molecule has 0 bridgehead atoms. The number of amides is 1. The second kappa shape index (κ2) is 9.44. The zero-order chi connectivity index (χ0) is 25.4. The molecule has 1 amide bonds. The SMILES string of the molecule is CSc1nn(-c2cc(OC(C)C(F)(F)F)c(C(=O)Nc3c(F)cccc3F)cc2F)c(=O)n1C. The number of thioether (sulfide) groups is 1. The number of nitrogens with one attached hydrogen (secondary N) is 1. The molecule has 1 aromatic heterocycles. The van der Waals surface area contributed by atoms with Crippen molar-refractivity contribution in [1.82, 2.24) is 14.3 Å². The van der Waals surface area contributed by atoms with Crippen LogP contribution in [-0.2, 0) is 7.05 Å². The standard InChI is InChI=1S/C20H16F6N4O3S/c1-9(20(24,25)26)33-15-8-14(30-19(32)29(2)18(28-30)34-3)13(23)7-10(15)17(31)27-16-11(21)5-4-6-12(16)22/h4-9H,1-3H3,(H,27,31). The lowest BCUT2D eigenvalue weighted by atomic mass is 10.1. The number of halogens is 6. The molecular weight excluding hydrogens is 490 g/mol. The summed E-state index contributed by atoms with van der Waals surface area (Å²) in [6.45, 7) is 0.639. The molecule has 0 aliphatic heterocycles. The van der Waals surface area contributed by atoms with Crippen LogP contribution in [0.1, 0.15) is 17.3 Å². The van der Waals surface area contributed by atoms with Gasteiger partial charge >= 0.3 is 11.9 Å². The number of hydrogen-bond acceptors (Lipinski definition) is 5. The van der Waals surface area contributed by atoms with Gasteiger partial charge in [0.1, 0.15) is 34.6 Å². The normalized spacial score (nSPS) is 12.5. The first-order valence-corrected chi connectivity index (χ1v) is 10.6. The first-order valence-electron chi connectivity index (χ1n) is 9.37. The summed E-state index contributed by atoms with van der Waals surface area (Å²) in [6.07, 6.45) is -5.73. The summed E-state index contributed by atoms with van der Waals surface area (Å²) in [5.74, 6) is -5.70. The van der Waals surface area contributed by atoms with Gasteiger partial charge in [0.2, 0.25) is 0 Å². The Kier molecular flexibility index (Phi) is 7.00. The Morgan fingerprint density at radius 1 is 1.15 bits per heavy atom. The molecule has 0 spiro atoms. The molecule has 1 atom stereocenters. The molecule has 3 rings (SSSR count). The van der Waals surface area contributed by atoms with Gasteiger partial charge in [0.25, 0.3) is 5.91 Å². The van der Waals surface area contributed by atoms with Crippen LogP contribution in [-0.4, -0.2) is 38.8 Å². The molecule has 7 nitrogen and oxygen atoms in total. The van der Waals surface area contributed by atoms with Crippen molar-refractivity contribution in [3.05, 3.63) is 63.8 Å². The van der Waals surface area contributed by atoms with E-state index in [9.17, 15) is 35.9 Å². The molecular formula is C20H16F6N4O3S. The van der Waals surface area contributed by atoms with Crippen LogP contribution >= 0.6 is 11.8 Å². The van der Waals surface area contributed by atoms with Gasteiger partial charge in [0.15, 0.2) is 11.3 Å². The van der Waals surface area contributed by atoms with E-state index < -0.39 is 64.0 Å². The third kappa shape index (κ3) is 4.90. The number of ether oxygens (including phenoxy) is 1. The van der Waals surface area contributed by atoms with Crippen LogP contribution in [0.15, 0.2) is 40.3 Å². The smallest absolute Gasteiger partial charge is 0.425 e. The zero-order valence-corrected chi connectivity index (χ0v) is 18.5. The highest BCUT2D eigenvalue weighted by Crippen LogP contribution is 2.31. The quantitative estimate of drug-likeness (QED) is 0.399. The maximum atomic E-state index is 14.9. The molecule has 1 heterocycles. The highest BCUT2D eigenvalue weighted by atomic mass is 32.2. The highest BCUT2D eigenvalue weighted by molar-refractivity contribution is 7.98. The number of nitrogens with zero attached hydrogens (tertiary/aromatic N) is 3. The largest absolute Gasteiger partial charge is 0.480 e. The van der Waals surface area contributed by atoms with Gasteiger partial charge in [-0.05, 0) is 31.4 Å². The molecule has 2 aromatic carbocycles. The summed E-state index contributed by atoms with van der Waals surface area (Å²) in [5, 5.41) is 5.94. The molecule has 0 saturated carbocycles. The Labute approximate surface area is 192 Å². The van der Waals surface area contributed by atoms with E-state index in [-0.39, 0.29) is 5.16 Å². The van der Waals surface area contributed by atoms with Crippen molar-refractivity contribution in [1.29, 1.82) is 0 Å². The minimum Gasteiger partial charge on any atom is -0.480 e. The third-order valence-corrected chi connectivity index (χ3v) is 5.33. The molecule has 1 unspecified atom stereocenters. The summed E-state index contributed by atoms with van der Waals surface area (Å²) in [6, 6.07) is 3.87.